The number of aromatic hydroxyl groups is 1. The van der Waals surface area contributed by atoms with Gasteiger partial charge in [-0.1, -0.05) is 30.3 Å². The summed E-state index contributed by atoms with van der Waals surface area (Å²) in [5.41, 5.74) is 1.47. The van der Waals surface area contributed by atoms with Crippen LogP contribution in [0.15, 0.2) is 48.5 Å². The Kier molecular flexibility index (Phi) is 3.92. The maximum atomic E-state index is 12.3. The molecule has 0 unspecified atom stereocenters. The number of hydrogen-bond acceptors (Lipinski definition) is 5. The third-order valence-electron chi connectivity index (χ3n) is 4.89. The number of phenols is 1. The zero-order valence-corrected chi connectivity index (χ0v) is 14.4. The molecule has 1 aliphatic heterocycles. The lowest BCUT2D eigenvalue weighted by Gasteiger charge is -2.27. The number of nitrogens with one attached hydrogen (secondary N) is 1. The molecule has 1 amide bonds. The van der Waals surface area contributed by atoms with E-state index in [0.717, 1.165) is 16.3 Å². The highest BCUT2D eigenvalue weighted by Crippen LogP contribution is 2.48. The maximum Gasteiger partial charge on any atom is 0.318 e. The Balaban J connectivity index is 2.04. The monoisotopic (exact) mass is 364 g/mol. The second kappa shape index (κ2) is 6.28. The summed E-state index contributed by atoms with van der Waals surface area (Å²) in [5, 5.41) is 26.5. The van der Waals surface area contributed by atoms with E-state index in [1.807, 2.05) is 36.4 Å². The Morgan fingerprint density at radius 1 is 1.19 bits per heavy atom. The minimum atomic E-state index is -0.578. The van der Waals surface area contributed by atoms with E-state index < -0.39 is 10.8 Å². The molecule has 0 saturated carbocycles. The molecule has 2 N–H and O–H groups in total. The molecule has 3 aromatic rings. The lowest BCUT2D eigenvalue weighted by atomic mass is 9.81. The highest BCUT2D eigenvalue weighted by Gasteiger charge is 2.35. The fourth-order valence-corrected chi connectivity index (χ4v) is 3.78. The van der Waals surface area contributed by atoms with Crippen LogP contribution in [0.3, 0.4) is 0 Å². The molecule has 0 aliphatic carbocycles. The van der Waals surface area contributed by atoms with Gasteiger partial charge >= 0.3 is 5.69 Å². The van der Waals surface area contributed by atoms with Crippen LogP contribution in [0.1, 0.15) is 23.5 Å². The Hall–Kier alpha value is -3.61. The number of fused-ring (bicyclic) bond motifs is 3. The minimum absolute atomic E-state index is 0.0653. The standard InChI is InChI=1S/C20H16N2O5/c1-27-20-16(23)9-7-13(19(20)22(25)26)14-10-17(24)21-15-8-6-11-4-2-3-5-12(11)18(14)15/h2-9,14,23H,10H2,1H3,(H,21,24)/t14-/m1/s1. The van der Waals surface area contributed by atoms with E-state index in [-0.39, 0.29) is 29.5 Å². The highest BCUT2D eigenvalue weighted by atomic mass is 16.6. The average Bonchev–Trinajstić information content (AvgIpc) is 2.66. The lowest BCUT2D eigenvalue weighted by molar-refractivity contribution is -0.386. The van der Waals surface area contributed by atoms with E-state index in [1.165, 1.54) is 19.2 Å². The van der Waals surface area contributed by atoms with Crippen molar-refractivity contribution in [1.82, 2.24) is 0 Å². The summed E-state index contributed by atoms with van der Waals surface area (Å²) in [6, 6.07) is 14.3. The van der Waals surface area contributed by atoms with Crippen LogP contribution in [0.25, 0.3) is 10.8 Å². The molecule has 7 heteroatoms. The smallest absolute Gasteiger partial charge is 0.318 e. The number of carbonyl (C=O) groups excluding carboxylic acids is 1. The molecule has 136 valence electrons. The van der Waals surface area contributed by atoms with Gasteiger partial charge in [0.25, 0.3) is 0 Å². The van der Waals surface area contributed by atoms with Crippen molar-refractivity contribution in [2.24, 2.45) is 0 Å². The first-order chi connectivity index (χ1) is 13.0. The van der Waals surface area contributed by atoms with Gasteiger partial charge in [-0.2, -0.15) is 0 Å². The largest absolute Gasteiger partial charge is 0.504 e. The van der Waals surface area contributed by atoms with Crippen LogP contribution in [0.5, 0.6) is 11.5 Å². The quantitative estimate of drug-likeness (QED) is 0.541. The predicted octanol–water partition coefficient (Wildman–Crippen LogP) is 3.94. The summed E-state index contributed by atoms with van der Waals surface area (Å²) in [6.45, 7) is 0. The van der Waals surface area contributed by atoms with Crippen molar-refractivity contribution >= 4 is 28.1 Å². The van der Waals surface area contributed by atoms with Crippen molar-refractivity contribution in [3.63, 3.8) is 0 Å². The molecule has 1 atom stereocenters. The molecule has 27 heavy (non-hydrogen) atoms. The zero-order chi connectivity index (χ0) is 19.1. The number of nitrogens with zero attached hydrogens (tertiary/aromatic N) is 1. The van der Waals surface area contributed by atoms with Gasteiger partial charge in [0.15, 0.2) is 5.75 Å². The number of amides is 1. The number of ether oxygens (including phenoxy) is 1. The number of nitro benzene ring substituents is 1. The van der Waals surface area contributed by atoms with Crippen LogP contribution in [-0.2, 0) is 4.79 Å². The van der Waals surface area contributed by atoms with Gasteiger partial charge < -0.3 is 15.2 Å². The SMILES string of the molecule is COc1c(O)ccc([C@H]2CC(=O)Nc3ccc4ccccc4c32)c1[N+](=O)[O-]. The number of hydrogen-bond donors (Lipinski definition) is 2. The van der Waals surface area contributed by atoms with Crippen molar-refractivity contribution < 1.29 is 19.6 Å². The van der Waals surface area contributed by atoms with Crippen LogP contribution in [0.4, 0.5) is 11.4 Å². The minimum Gasteiger partial charge on any atom is -0.504 e. The van der Waals surface area contributed by atoms with E-state index in [4.69, 9.17) is 4.74 Å². The second-order valence-corrected chi connectivity index (χ2v) is 6.37. The van der Waals surface area contributed by atoms with Crippen molar-refractivity contribution in [2.75, 3.05) is 12.4 Å². The molecule has 0 radical (unpaired) electrons. The van der Waals surface area contributed by atoms with E-state index >= 15 is 0 Å². The molecular weight excluding hydrogens is 348 g/mol. The molecule has 0 saturated heterocycles. The molecule has 0 bridgehead atoms. The van der Waals surface area contributed by atoms with E-state index in [0.29, 0.717) is 11.3 Å². The van der Waals surface area contributed by atoms with E-state index in [2.05, 4.69) is 5.32 Å². The number of carbonyl (C=O) groups is 1. The predicted molar refractivity (Wildman–Crippen MR) is 100 cm³/mol. The zero-order valence-electron chi connectivity index (χ0n) is 14.4. The summed E-state index contributed by atoms with van der Waals surface area (Å²) in [6.07, 6.45) is 0.0653. The second-order valence-electron chi connectivity index (χ2n) is 6.37. The van der Waals surface area contributed by atoms with E-state index in [9.17, 15) is 20.0 Å². The highest BCUT2D eigenvalue weighted by molar-refractivity contribution is 6.01. The van der Waals surface area contributed by atoms with Gasteiger partial charge in [-0.25, -0.2) is 0 Å². The first kappa shape index (κ1) is 16.8. The number of anilines is 1. The van der Waals surface area contributed by atoms with Crippen molar-refractivity contribution in [3.8, 4) is 11.5 Å². The van der Waals surface area contributed by atoms with Crippen molar-refractivity contribution in [3.05, 3.63) is 69.8 Å². The van der Waals surface area contributed by atoms with Gasteiger partial charge in [-0.3, -0.25) is 14.9 Å². The Bertz CT molecular complexity index is 1090. The fourth-order valence-electron chi connectivity index (χ4n) is 3.78. The van der Waals surface area contributed by atoms with Crippen LogP contribution in [-0.4, -0.2) is 23.0 Å². The summed E-state index contributed by atoms with van der Waals surface area (Å²) in [7, 11) is 1.27. The molecule has 0 fully saturated rings. The Morgan fingerprint density at radius 3 is 2.70 bits per heavy atom. The average molecular weight is 364 g/mol. The molecule has 4 rings (SSSR count). The normalized spacial score (nSPS) is 15.9. The summed E-state index contributed by atoms with van der Waals surface area (Å²) >= 11 is 0. The number of phenolic OH excluding ortho intramolecular Hbond substituents is 1. The molecule has 3 aromatic carbocycles. The topological polar surface area (TPSA) is 102 Å². The van der Waals surface area contributed by atoms with Gasteiger partial charge in [0.2, 0.25) is 11.7 Å². The molecule has 7 nitrogen and oxygen atoms in total. The van der Waals surface area contributed by atoms with Crippen molar-refractivity contribution in [1.29, 1.82) is 0 Å². The van der Waals surface area contributed by atoms with Crippen molar-refractivity contribution in [2.45, 2.75) is 12.3 Å². The Labute approximate surface area is 154 Å². The first-order valence-corrected chi connectivity index (χ1v) is 8.37. The number of benzene rings is 3. The van der Waals surface area contributed by atoms with Gasteiger partial charge in [-0.15, -0.1) is 0 Å². The molecule has 0 spiro atoms. The third kappa shape index (κ3) is 2.64. The van der Waals surface area contributed by atoms with Gasteiger partial charge in [0, 0.05) is 23.6 Å². The molecular formula is C20H16N2O5. The number of methoxy groups -OCH3 is 1. The van der Waals surface area contributed by atoms with Crippen LogP contribution in [0.2, 0.25) is 0 Å². The van der Waals surface area contributed by atoms with Gasteiger partial charge in [0.1, 0.15) is 0 Å². The summed E-state index contributed by atoms with van der Waals surface area (Å²) in [4.78, 5) is 23.5. The Morgan fingerprint density at radius 2 is 1.96 bits per heavy atom. The number of rotatable bonds is 3. The fraction of sp³-hybridized carbons (Fsp3) is 0.150. The van der Waals surface area contributed by atoms with Crippen LogP contribution in [0, 0.1) is 10.1 Å². The lowest BCUT2D eigenvalue weighted by Crippen LogP contribution is -2.24. The molecule has 1 aliphatic rings. The molecule has 1 heterocycles. The molecule has 0 aromatic heterocycles. The van der Waals surface area contributed by atoms with Crippen LogP contribution < -0.4 is 10.1 Å². The maximum absolute atomic E-state index is 12.3. The summed E-state index contributed by atoms with van der Waals surface area (Å²) < 4.78 is 5.08. The van der Waals surface area contributed by atoms with Crippen LogP contribution >= 0.6 is 0 Å². The van der Waals surface area contributed by atoms with E-state index in [1.54, 1.807) is 0 Å². The van der Waals surface area contributed by atoms with Gasteiger partial charge in [-0.05, 0) is 34.5 Å². The van der Waals surface area contributed by atoms with Gasteiger partial charge in [0.05, 0.1) is 12.0 Å². The number of nitro groups is 1. The third-order valence-corrected chi connectivity index (χ3v) is 4.89. The first-order valence-electron chi connectivity index (χ1n) is 8.37. The summed E-state index contributed by atoms with van der Waals surface area (Å²) in [5.74, 6) is -1.27.